The number of fused-ring (bicyclic) bond motifs is 2. The first-order valence-electron chi connectivity index (χ1n) is 6.61. The molecule has 2 aliphatic rings. The predicted molar refractivity (Wildman–Crippen MR) is 71.0 cm³/mol. The van der Waals surface area contributed by atoms with Crippen molar-refractivity contribution in [3.63, 3.8) is 0 Å². The standard InChI is InChI=1S/C16H20O/c1-3-12-5-8-15(9-6-12)17-16(2)11-13-4-7-14(16)10-13/h3,5-6,8-9,13-14H,1,4,7,10-11H2,2H3. The average Bonchev–Trinajstić information content (AvgIpc) is 2.89. The van der Waals surface area contributed by atoms with E-state index in [4.69, 9.17) is 4.74 Å². The van der Waals surface area contributed by atoms with Crippen LogP contribution in [-0.4, -0.2) is 5.60 Å². The SMILES string of the molecule is C=Cc1ccc(OC2(C)CC3CCC2C3)cc1. The van der Waals surface area contributed by atoms with Gasteiger partial charge in [-0.1, -0.05) is 24.8 Å². The van der Waals surface area contributed by atoms with E-state index < -0.39 is 0 Å². The van der Waals surface area contributed by atoms with Gasteiger partial charge in [-0.15, -0.1) is 0 Å². The molecule has 1 aromatic carbocycles. The summed E-state index contributed by atoms with van der Waals surface area (Å²) in [6, 6.07) is 8.26. The zero-order chi connectivity index (χ0) is 11.9. The summed E-state index contributed by atoms with van der Waals surface area (Å²) < 4.78 is 6.26. The van der Waals surface area contributed by atoms with Crippen LogP contribution >= 0.6 is 0 Å². The summed E-state index contributed by atoms with van der Waals surface area (Å²) in [7, 11) is 0. The van der Waals surface area contributed by atoms with Crippen molar-refractivity contribution >= 4 is 6.08 Å². The topological polar surface area (TPSA) is 9.23 Å². The van der Waals surface area contributed by atoms with Crippen LogP contribution in [0.2, 0.25) is 0 Å². The lowest BCUT2D eigenvalue weighted by atomic mass is 9.85. The number of ether oxygens (including phenoxy) is 1. The van der Waals surface area contributed by atoms with Crippen LogP contribution in [0.4, 0.5) is 0 Å². The summed E-state index contributed by atoms with van der Waals surface area (Å²) >= 11 is 0. The Morgan fingerprint density at radius 1 is 1.29 bits per heavy atom. The lowest BCUT2D eigenvalue weighted by molar-refractivity contribution is 0.0314. The second kappa shape index (κ2) is 3.90. The Morgan fingerprint density at radius 3 is 2.59 bits per heavy atom. The molecule has 90 valence electrons. The molecule has 0 amide bonds. The Balaban J connectivity index is 1.75. The van der Waals surface area contributed by atoms with Crippen LogP contribution in [0.3, 0.4) is 0 Å². The molecule has 0 aromatic heterocycles. The van der Waals surface area contributed by atoms with Crippen molar-refractivity contribution in [1.82, 2.24) is 0 Å². The normalized spacial score (nSPS) is 34.9. The van der Waals surface area contributed by atoms with Gasteiger partial charge in [-0.25, -0.2) is 0 Å². The third-order valence-electron chi connectivity index (χ3n) is 4.57. The number of rotatable bonds is 3. The molecule has 3 rings (SSSR count). The molecule has 0 radical (unpaired) electrons. The highest BCUT2D eigenvalue weighted by molar-refractivity contribution is 5.48. The van der Waals surface area contributed by atoms with Gasteiger partial charge in [0.2, 0.25) is 0 Å². The molecule has 1 nitrogen and oxygen atoms in total. The van der Waals surface area contributed by atoms with Gasteiger partial charge in [-0.05, 0) is 62.1 Å². The van der Waals surface area contributed by atoms with E-state index in [9.17, 15) is 0 Å². The molecular weight excluding hydrogens is 208 g/mol. The summed E-state index contributed by atoms with van der Waals surface area (Å²) in [6.45, 7) is 6.06. The third-order valence-corrected chi connectivity index (χ3v) is 4.57. The molecule has 1 aromatic rings. The highest BCUT2D eigenvalue weighted by Crippen LogP contribution is 2.52. The molecule has 17 heavy (non-hydrogen) atoms. The predicted octanol–water partition coefficient (Wildman–Crippen LogP) is 4.29. The van der Waals surface area contributed by atoms with Gasteiger partial charge < -0.3 is 4.74 Å². The molecule has 2 saturated carbocycles. The minimum atomic E-state index is 0.0820. The fourth-order valence-electron chi connectivity index (χ4n) is 3.62. The highest BCUT2D eigenvalue weighted by atomic mass is 16.5. The van der Waals surface area contributed by atoms with Gasteiger partial charge in [0.1, 0.15) is 11.4 Å². The van der Waals surface area contributed by atoms with E-state index in [-0.39, 0.29) is 5.60 Å². The fraction of sp³-hybridized carbons (Fsp3) is 0.500. The number of hydrogen-bond acceptors (Lipinski definition) is 1. The Morgan fingerprint density at radius 2 is 2.06 bits per heavy atom. The van der Waals surface area contributed by atoms with E-state index >= 15 is 0 Å². The van der Waals surface area contributed by atoms with E-state index in [0.29, 0.717) is 0 Å². The van der Waals surface area contributed by atoms with Crippen molar-refractivity contribution in [1.29, 1.82) is 0 Å². The fourth-order valence-corrected chi connectivity index (χ4v) is 3.62. The monoisotopic (exact) mass is 228 g/mol. The van der Waals surface area contributed by atoms with Crippen LogP contribution in [0.15, 0.2) is 30.8 Å². The summed E-state index contributed by atoms with van der Waals surface area (Å²) in [5.41, 5.74) is 1.23. The van der Waals surface area contributed by atoms with Crippen molar-refractivity contribution in [2.45, 2.75) is 38.2 Å². The molecule has 0 spiro atoms. The minimum Gasteiger partial charge on any atom is -0.487 e. The third kappa shape index (κ3) is 1.88. The number of hydrogen-bond donors (Lipinski definition) is 0. The molecule has 3 unspecified atom stereocenters. The highest BCUT2D eigenvalue weighted by Gasteiger charge is 2.49. The molecule has 0 aliphatic heterocycles. The van der Waals surface area contributed by atoms with E-state index in [1.165, 1.54) is 25.7 Å². The van der Waals surface area contributed by atoms with E-state index in [2.05, 4.69) is 37.8 Å². The van der Waals surface area contributed by atoms with Crippen LogP contribution in [0, 0.1) is 11.8 Å². The quantitative estimate of drug-likeness (QED) is 0.750. The number of benzene rings is 1. The lowest BCUT2D eigenvalue weighted by Gasteiger charge is -2.34. The van der Waals surface area contributed by atoms with Crippen molar-refractivity contribution in [3.8, 4) is 5.75 Å². The van der Waals surface area contributed by atoms with Gasteiger partial charge in [0.25, 0.3) is 0 Å². The maximum absolute atomic E-state index is 6.26. The maximum Gasteiger partial charge on any atom is 0.120 e. The van der Waals surface area contributed by atoms with Gasteiger partial charge in [-0.2, -0.15) is 0 Å². The average molecular weight is 228 g/mol. The zero-order valence-electron chi connectivity index (χ0n) is 10.5. The summed E-state index contributed by atoms with van der Waals surface area (Å²) in [6.07, 6.45) is 7.25. The largest absolute Gasteiger partial charge is 0.487 e. The first-order valence-corrected chi connectivity index (χ1v) is 6.61. The molecule has 0 N–H and O–H groups in total. The molecule has 0 heterocycles. The van der Waals surface area contributed by atoms with Crippen LogP contribution in [0.1, 0.15) is 38.2 Å². The Labute approximate surface area is 103 Å². The van der Waals surface area contributed by atoms with Gasteiger partial charge >= 0.3 is 0 Å². The minimum absolute atomic E-state index is 0.0820. The maximum atomic E-state index is 6.26. The van der Waals surface area contributed by atoms with Crippen LogP contribution in [0.5, 0.6) is 5.75 Å². The van der Waals surface area contributed by atoms with Crippen LogP contribution < -0.4 is 4.74 Å². The molecule has 2 aliphatic carbocycles. The van der Waals surface area contributed by atoms with E-state index in [0.717, 1.165) is 23.1 Å². The Bertz CT molecular complexity index is 420. The molecular formula is C16H20O. The summed E-state index contributed by atoms with van der Waals surface area (Å²) in [5, 5.41) is 0. The lowest BCUT2D eigenvalue weighted by Crippen LogP contribution is -2.38. The van der Waals surface area contributed by atoms with Crippen LogP contribution in [-0.2, 0) is 0 Å². The van der Waals surface area contributed by atoms with Gasteiger partial charge in [0.05, 0.1) is 0 Å². The Kier molecular flexibility index (Phi) is 2.50. The second-order valence-electron chi connectivity index (χ2n) is 5.77. The van der Waals surface area contributed by atoms with Gasteiger partial charge in [0.15, 0.2) is 0 Å². The summed E-state index contributed by atoms with van der Waals surface area (Å²) in [5.74, 6) is 2.69. The van der Waals surface area contributed by atoms with Crippen molar-refractivity contribution in [2.24, 2.45) is 11.8 Å². The molecule has 0 saturated heterocycles. The van der Waals surface area contributed by atoms with E-state index in [1.54, 1.807) is 0 Å². The first-order chi connectivity index (χ1) is 8.19. The first kappa shape index (κ1) is 10.9. The smallest absolute Gasteiger partial charge is 0.120 e. The van der Waals surface area contributed by atoms with Crippen molar-refractivity contribution < 1.29 is 4.74 Å². The molecule has 2 bridgehead atoms. The second-order valence-corrected chi connectivity index (χ2v) is 5.77. The van der Waals surface area contributed by atoms with Crippen molar-refractivity contribution in [2.75, 3.05) is 0 Å². The molecule has 1 heteroatoms. The molecule has 3 atom stereocenters. The van der Waals surface area contributed by atoms with Crippen LogP contribution in [0.25, 0.3) is 6.08 Å². The Hall–Kier alpha value is -1.24. The van der Waals surface area contributed by atoms with Gasteiger partial charge in [0, 0.05) is 0 Å². The van der Waals surface area contributed by atoms with Gasteiger partial charge in [-0.3, -0.25) is 0 Å². The zero-order valence-corrected chi connectivity index (χ0v) is 10.5. The summed E-state index contributed by atoms with van der Waals surface area (Å²) in [4.78, 5) is 0. The van der Waals surface area contributed by atoms with Crippen molar-refractivity contribution in [3.05, 3.63) is 36.4 Å². The molecule has 2 fully saturated rings. The van der Waals surface area contributed by atoms with E-state index in [1.807, 2.05) is 6.08 Å².